The zero-order valence-corrected chi connectivity index (χ0v) is 8.87. The molecule has 1 heterocycles. The van der Waals surface area contributed by atoms with Crippen LogP contribution < -0.4 is 0 Å². The van der Waals surface area contributed by atoms with Gasteiger partial charge in [0.25, 0.3) is 0 Å². The second-order valence-corrected chi connectivity index (χ2v) is 4.57. The van der Waals surface area contributed by atoms with E-state index in [9.17, 15) is 14.7 Å². The number of rotatable bonds is 2. The van der Waals surface area contributed by atoms with E-state index in [4.69, 9.17) is 0 Å². The van der Waals surface area contributed by atoms with Crippen LogP contribution in [0.2, 0.25) is 0 Å². The molecule has 2 fully saturated rings. The Labute approximate surface area is 89.3 Å². The molecule has 2 amide bonds. The topological polar surface area (TPSA) is 57.6 Å². The molecule has 0 unspecified atom stereocenters. The van der Waals surface area contributed by atoms with Crippen molar-refractivity contribution in [2.24, 2.45) is 0 Å². The van der Waals surface area contributed by atoms with Gasteiger partial charge in [-0.3, -0.25) is 14.5 Å². The summed E-state index contributed by atoms with van der Waals surface area (Å²) in [6.45, 7) is -0.0789. The number of amides is 2. The van der Waals surface area contributed by atoms with Crippen LogP contribution in [0.5, 0.6) is 0 Å². The Kier molecular flexibility index (Phi) is 2.78. The molecule has 0 radical (unpaired) electrons. The Morgan fingerprint density at radius 3 is 1.93 bits per heavy atom. The number of carbonyl (C=O) groups excluding carboxylic acids is 2. The van der Waals surface area contributed by atoms with E-state index in [1.165, 1.54) is 4.90 Å². The third-order valence-corrected chi connectivity index (χ3v) is 3.58. The first-order valence-electron chi connectivity index (χ1n) is 5.66. The van der Waals surface area contributed by atoms with Gasteiger partial charge in [0.15, 0.2) is 0 Å². The molecule has 1 aliphatic carbocycles. The van der Waals surface area contributed by atoms with Gasteiger partial charge in [0.2, 0.25) is 11.8 Å². The Hall–Kier alpha value is -0.900. The number of carbonyl (C=O) groups is 2. The molecule has 0 aromatic rings. The van der Waals surface area contributed by atoms with Gasteiger partial charge in [0, 0.05) is 12.8 Å². The van der Waals surface area contributed by atoms with Gasteiger partial charge in [-0.1, -0.05) is 0 Å². The molecule has 0 aromatic heterocycles. The Morgan fingerprint density at radius 1 is 1.07 bits per heavy atom. The van der Waals surface area contributed by atoms with Crippen molar-refractivity contribution in [3.8, 4) is 0 Å². The first-order chi connectivity index (χ1) is 7.19. The lowest BCUT2D eigenvalue weighted by Gasteiger charge is -2.47. The fraction of sp³-hybridized carbons (Fsp3) is 0.818. The summed E-state index contributed by atoms with van der Waals surface area (Å²) in [5.74, 6) is -0.183. The van der Waals surface area contributed by atoms with Crippen LogP contribution in [0.1, 0.15) is 44.9 Å². The van der Waals surface area contributed by atoms with Gasteiger partial charge in [-0.2, -0.15) is 0 Å². The summed E-state index contributed by atoms with van der Waals surface area (Å²) < 4.78 is 0. The summed E-state index contributed by atoms with van der Waals surface area (Å²) >= 11 is 0. The molecule has 4 heteroatoms. The van der Waals surface area contributed by atoms with Gasteiger partial charge in [0.05, 0.1) is 12.1 Å². The van der Waals surface area contributed by atoms with E-state index < -0.39 is 5.54 Å². The van der Waals surface area contributed by atoms with E-state index in [0.29, 0.717) is 12.8 Å². The van der Waals surface area contributed by atoms with Crippen LogP contribution in [0.15, 0.2) is 0 Å². The lowest BCUT2D eigenvalue weighted by molar-refractivity contribution is -0.158. The van der Waals surface area contributed by atoms with Crippen LogP contribution in [0, 0.1) is 0 Å². The average Bonchev–Trinajstić information content (AvgIpc) is 2.31. The molecule has 2 rings (SSSR count). The minimum absolute atomic E-state index is 0.0789. The normalized spacial score (nSPS) is 26.1. The highest BCUT2D eigenvalue weighted by Gasteiger charge is 2.47. The molecule has 1 aliphatic heterocycles. The van der Waals surface area contributed by atoms with Crippen molar-refractivity contribution < 1.29 is 14.7 Å². The molecular weight excluding hydrogens is 194 g/mol. The van der Waals surface area contributed by atoms with Gasteiger partial charge in [-0.05, 0) is 32.1 Å². The first kappa shape index (κ1) is 10.6. The fourth-order valence-corrected chi connectivity index (χ4v) is 2.48. The predicted molar refractivity (Wildman–Crippen MR) is 54.0 cm³/mol. The molecule has 0 aromatic carbocycles. The van der Waals surface area contributed by atoms with Crippen molar-refractivity contribution in [1.82, 2.24) is 4.90 Å². The number of hydrogen-bond donors (Lipinski definition) is 1. The highest BCUT2D eigenvalue weighted by Crippen LogP contribution is 2.39. The maximum Gasteiger partial charge on any atom is 0.229 e. The lowest BCUT2D eigenvalue weighted by Crippen LogP contribution is -2.60. The minimum Gasteiger partial charge on any atom is -0.394 e. The standard InChI is InChI=1S/C11H17NO3/c13-8-11(6-3-7-11)12-9(14)4-1-2-5-10(12)15/h13H,1-8H2. The first-order valence-corrected chi connectivity index (χ1v) is 5.66. The van der Waals surface area contributed by atoms with Crippen molar-refractivity contribution >= 4 is 11.8 Å². The van der Waals surface area contributed by atoms with Crippen LogP contribution in [-0.4, -0.2) is 34.0 Å². The Balaban J connectivity index is 2.22. The van der Waals surface area contributed by atoms with Gasteiger partial charge in [0.1, 0.15) is 0 Å². The Bertz CT molecular complexity index is 260. The van der Waals surface area contributed by atoms with Crippen LogP contribution >= 0.6 is 0 Å². The number of nitrogens with zero attached hydrogens (tertiary/aromatic N) is 1. The van der Waals surface area contributed by atoms with Crippen LogP contribution in [0.25, 0.3) is 0 Å². The Morgan fingerprint density at radius 2 is 1.60 bits per heavy atom. The third kappa shape index (κ3) is 1.67. The van der Waals surface area contributed by atoms with E-state index in [0.717, 1.165) is 32.1 Å². The summed E-state index contributed by atoms with van der Waals surface area (Å²) in [7, 11) is 0. The highest BCUT2D eigenvalue weighted by molar-refractivity contribution is 5.97. The molecule has 1 N–H and O–H groups in total. The summed E-state index contributed by atoms with van der Waals surface area (Å²) in [4.78, 5) is 25.0. The second-order valence-electron chi connectivity index (χ2n) is 4.57. The van der Waals surface area contributed by atoms with E-state index in [2.05, 4.69) is 0 Å². The van der Waals surface area contributed by atoms with Crippen molar-refractivity contribution in [3.05, 3.63) is 0 Å². The highest BCUT2D eigenvalue weighted by atomic mass is 16.3. The number of aliphatic hydroxyl groups is 1. The van der Waals surface area contributed by atoms with Crippen LogP contribution in [-0.2, 0) is 9.59 Å². The van der Waals surface area contributed by atoms with Crippen LogP contribution in [0.4, 0.5) is 0 Å². The van der Waals surface area contributed by atoms with Gasteiger partial charge < -0.3 is 5.11 Å². The summed E-state index contributed by atoms with van der Waals surface area (Å²) in [6.07, 6.45) is 5.02. The van der Waals surface area contributed by atoms with Crippen molar-refractivity contribution in [1.29, 1.82) is 0 Å². The van der Waals surface area contributed by atoms with Crippen molar-refractivity contribution in [3.63, 3.8) is 0 Å². The molecule has 0 bridgehead atoms. The van der Waals surface area contributed by atoms with Crippen molar-refractivity contribution in [2.75, 3.05) is 6.61 Å². The smallest absolute Gasteiger partial charge is 0.229 e. The number of likely N-dealkylation sites (tertiary alicyclic amines) is 1. The molecule has 4 nitrogen and oxygen atoms in total. The molecular formula is C11H17NO3. The molecule has 84 valence electrons. The number of aliphatic hydroxyl groups excluding tert-OH is 1. The molecule has 1 saturated heterocycles. The monoisotopic (exact) mass is 211 g/mol. The molecule has 2 aliphatic rings. The largest absolute Gasteiger partial charge is 0.394 e. The second kappa shape index (κ2) is 3.93. The fourth-order valence-electron chi connectivity index (χ4n) is 2.48. The van der Waals surface area contributed by atoms with Gasteiger partial charge in [-0.25, -0.2) is 0 Å². The SMILES string of the molecule is O=C1CCCCC(=O)N1C1(CO)CCC1. The van der Waals surface area contributed by atoms with E-state index >= 15 is 0 Å². The summed E-state index contributed by atoms with van der Waals surface area (Å²) in [5, 5.41) is 9.37. The maximum absolute atomic E-state index is 11.8. The number of hydrogen-bond acceptors (Lipinski definition) is 3. The van der Waals surface area contributed by atoms with Gasteiger partial charge in [-0.15, -0.1) is 0 Å². The molecule has 15 heavy (non-hydrogen) atoms. The maximum atomic E-state index is 11.8. The molecule has 0 spiro atoms. The quantitative estimate of drug-likeness (QED) is 0.688. The zero-order chi connectivity index (χ0) is 10.9. The predicted octanol–water partition coefficient (Wildman–Crippen LogP) is 0.831. The van der Waals surface area contributed by atoms with Crippen molar-refractivity contribution in [2.45, 2.75) is 50.5 Å². The van der Waals surface area contributed by atoms with E-state index in [-0.39, 0.29) is 18.4 Å². The summed E-state index contributed by atoms with van der Waals surface area (Å²) in [5.41, 5.74) is -0.543. The van der Waals surface area contributed by atoms with Gasteiger partial charge >= 0.3 is 0 Å². The van der Waals surface area contributed by atoms with E-state index in [1.807, 2.05) is 0 Å². The molecule has 0 atom stereocenters. The van der Waals surface area contributed by atoms with Crippen LogP contribution in [0.3, 0.4) is 0 Å². The number of imide groups is 1. The minimum atomic E-state index is -0.543. The zero-order valence-electron chi connectivity index (χ0n) is 8.87. The molecule has 1 saturated carbocycles. The van der Waals surface area contributed by atoms with E-state index in [1.54, 1.807) is 0 Å². The average molecular weight is 211 g/mol. The lowest BCUT2D eigenvalue weighted by atomic mass is 9.75. The third-order valence-electron chi connectivity index (χ3n) is 3.58. The summed E-state index contributed by atoms with van der Waals surface area (Å²) in [6, 6.07) is 0.